The molecule has 2 aliphatic rings. The van der Waals surface area contributed by atoms with Crippen LogP contribution in [-0.2, 0) is 0 Å². The van der Waals surface area contributed by atoms with Crippen molar-refractivity contribution in [1.82, 2.24) is 0 Å². The highest BCUT2D eigenvalue weighted by molar-refractivity contribution is 5.15. The summed E-state index contributed by atoms with van der Waals surface area (Å²) < 4.78 is 0. The van der Waals surface area contributed by atoms with Crippen LogP contribution in [0.4, 0.5) is 0 Å². The Kier molecular flexibility index (Phi) is 4.46. The van der Waals surface area contributed by atoms with Crippen molar-refractivity contribution in [3.8, 4) is 0 Å². The average molecular weight is 290 g/mol. The van der Waals surface area contributed by atoms with Crippen molar-refractivity contribution in [1.29, 1.82) is 0 Å². The molecule has 21 heavy (non-hydrogen) atoms. The molecule has 0 unspecified atom stereocenters. The fourth-order valence-corrected chi connectivity index (χ4v) is 5.53. The number of hydrogen-bond acceptors (Lipinski definition) is 1. The number of fused-ring (bicyclic) bond motifs is 1. The van der Waals surface area contributed by atoms with Crippen molar-refractivity contribution < 1.29 is 5.11 Å². The molecule has 0 heterocycles. The molecule has 0 spiro atoms. The Balaban J connectivity index is 2.35. The third-order valence-electron chi connectivity index (χ3n) is 6.76. The van der Waals surface area contributed by atoms with E-state index in [9.17, 15) is 5.11 Å². The Labute approximate surface area is 131 Å². The van der Waals surface area contributed by atoms with Crippen LogP contribution in [0, 0.1) is 22.7 Å². The van der Waals surface area contributed by atoms with Crippen LogP contribution >= 0.6 is 0 Å². The zero-order valence-electron chi connectivity index (χ0n) is 14.7. The molecular formula is C20H34O. The number of hydrogen-bond donors (Lipinski definition) is 1. The fourth-order valence-electron chi connectivity index (χ4n) is 5.53. The van der Waals surface area contributed by atoms with E-state index in [1.807, 2.05) is 6.08 Å². The molecule has 0 saturated heterocycles. The summed E-state index contributed by atoms with van der Waals surface area (Å²) in [5.41, 5.74) is 1.38. The van der Waals surface area contributed by atoms with Gasteiger partial charge in [0.1, 0.15) is 0 Å². The molecule has 1 heteroatoms. The summed E-state index contributed by atoms with van der Waals surface area (Å²) in [6.45, 7) is 15.4. The standard InChI is InChI=1S/C20H34O/c1-7-15(2)9-10-17-19(5)13-8-12-18(3,4)16(19)11-14-20(17,6)21/h7,9,16-17,21H,1,8,10-14H2,2-6H3/b15-9+/t16-,17+,19+,20-/m1/s1. The Morgan fingerprint density at radius 1 is 1.19 bits per heavy atom. The van der Waals surface area contributed by atoms with Gasteiger partial charge in [-0.25, -0.2) is 0 Å². The lowest BCUT2D eigenvalue weighted by molar-refractivity contribution is -0.165. The topological polar surface area (TPSA) is 20.2 Å². The van der Waals surface area contributed by atoms with Crippen LogP contribution in [0.2, 0.25) is 0 Å². The second-order valence-electron chi connectivity index (χ2n) is 8.74. The van der Waals surface area contributed by atoms with Crippen molar-refractivity contribution in [3.05, 3.63) is 24.3 Å². The third-order valence-corrected chi connectivity index (χ3v) is 6.76. The van der Waals surface area contributed by atoms with Gasteiger partial charge < -0.3 is 5.11 Å². The number of allylic oxidation sites excluding steroid dienone is 3. The van der Waals surface area contributed by atoms with Gasteiger partial charge in [0.05, 0.1) is 5.60 Å². The first kappa shape index (κ1) is 16.8. The van der Waals surface area contributed by atoms with E-state index in [1.165, 1.54) is 31.3 Å². The smallest absolute Gasteiger partial charge is 0.0656 e. The van der Waals surface area contributed by atoms with E-state index in [2.05, 4.69) is 47.3 Å². The summed E-state index contributed by atoms with van der Waals surface area (Å²) in [6.07, 6.45) is 11.2. The number of aliphatic hydroxyl groups is 1. The van der Waals surface area contributed by atoms with Gasteiger partial charge in [-0.15, -0.1) is 0 Å². The summed E-state index contributed by atoms with van der Waals surface area (Å²) in [5.74, 6) is 1.10. The second-order valence-corrected chi connectivity index (χ2v) is 8.74. The van der Waals surface area contributed by atoms with Crippen LogP contribution < -0.4 is 0 Å². The van der Waals surface area contributed by atoms with Crippen molar-refractivity contribution >= 4 is 0 Å². The predicted octanol–water partition coefficient (Wildman–Crippen LogP) is 5.50. The molecule has 0 amide bonds. The van der Waals surface area contributed by atoms with Crippen molar-refractivity contribution in [3.63, 3.8) is 0 Å². The zero-order chi connectivity index (χ0) is 15.9. The number of rotatable bonds is 3. The molecule has 120 valence electrons. The third kappa shape index (κ3) is 2.99. The molecule has 0 aromatic carbocycles. The maximum absolute atomic E-state index is 11.0. The van der Waals surface area contributed by atoms with Gasteiger partial charge in [-0.3, -0.25) is 0 Å². The minimum absolute atomic E-state index is 0.265. The molecule has 0 aromatic rings. The van der Waals surface area contributed by atoms with Crippen LogP contribution in [0.3, 0.4) is 0 Å². The highest BCUT2D eigenvalue weighted by atomic mass is 16.3. The first-order valence-electron chi connectivity index (χ1n) is 8.65. The van der Waals surface area contributed by atoms with Gasteiger partial charge in [-0.2, -0.15) is 0 Å². The van der Waals surface area contributed by atoms with Gasteiger partial charge >= 0.3 is 0 Å². The fraction of sp³-hybridized carbons (Fsp3) is 0.800. The van der Waals surface area contributed by atoms with Gasteiger partial charge in [-0.1, -0.05) is 51.5 Å². The van der Waals surface area contributed by atoms with Crippen molar-refractivity contribution in [2.24, 2.45) is 22.7 Å². The van der Waals surface area contributed by atoms with Gasteiger partial charge in [0.2, 0.25) is 0 Å². The van der Waals surface area contributed by atoms with E-state index in [1.54, 1.807) is 0 Å². The van der Waals surface area contributed by atoms with Crippen LogP contribution in [-0.4, -0.2) is 10.7 Å². The van der Waals surface area contributed by atoms with Gasteiger partial charge in [-0.05, 0) is 68.6 Å². The summed E-state index contributed by atoms with van der Waals surface area (Å²) in [7, 11) is 0. The molecule has 0 aliphatic heterocycles. The van der Waals surface area contributed by atoms with E-state index in [4.69, 9.17) is 0 Å². The van der Waals surface area contributed by atoms with E-state index in [0.717, 1.165) is 18.8 Å². The first-order valence-corrected chi connectivity index (χ1v) is 8.65. The summed E-state index contributed by atoms with van der Waals surface area (Å²) in [4.78, 5) is 0. The quantitative estimate of drug-likeness (QED) is 0.680. The Hall–Kier alpha value is -0.560. The molecule has 1 N–H and O–H groups in total. The van der Waals surface area contributed by atoms with Crippen LogP contribution in [0.1, 0.15) is 73.1 Å². The molecule has 2 aliphatic carbocycles. The van der Waals surface area contributed by atoms with Crippen LogP contribution in [0.5, 0.6) is 0 Å². The maximum atomic E-state index is 11.0. The normalized spacial score (nSPS) is 43.2. The highest BCUT2D eigenvalue weighted by Crippen LogP contribution is 2.62. The monoisotopic (exact) mass is 290 g/mol. The van der Waals surface area contributed by atoms with Crippen molar-refractivity contribution in [2.75, 3.05) is 0 Å². The largest absolute Gasteiger partial charge is 0.390 e. The van der Waals surface area contributed by atoms with Crippen molar-refractivity contribution in [2.45, 2.75) is 78.7 Å². The Morgan fingerprint density at radius 3 is 2.48 bits per heavy atom. The van der Waals surface area contributed by atoms with Crippen LogP contribution in [0.15, 0.2) is 24.3 Å². The molecule has 0 radical (unpaired) electrons. The molecule has 1 nitrogen and oxygen atoms in total. The molecular weight excluding hydrogens is 256 g/mol. The minimum atomic E-state index is -0.531. The lowest BCUT2D eigenvalue weighted by atomic mass is 9.45. The predicted molar refractivity (Wildman–Crippen MR) is 91.1 cm³/mol. The lowest BCUT2D eigenvalue weighted by Crippen LogP contribution is -2.57. The Morgan fingerprint density at radius 2 is 1.86 bits per heavy atom. The molecule has 2 fully saturated rings. The van der Waals surface area contributed by atoms with Gasteiger partial charge in [0.15, 0.2) is 0 Å². The zero-order valence-corrected chi connectivity index (χ0v) is 14.7. The summed E-state index contributed by atoms with van der Waals surface area (Å²) in [6, 6.07) is 0. The lowest BCUT2D eigenvalue weighted by Gasteiger charge is -2.61. The van der Waals surface area contributed by atoms with Gasteiger partial charge in [0.25, 0.3) is 0 Å². The minimum Gasteiger partial charge on any atom is -0.390 e. The van der Waals surface area contributed by atoms with E-state index < -0.39 is 5.60 Å². The van der Waals surface area contributed by atoms with Gasteiger partial charge in [0, 0.05) is 0 Å². The second kappa shape index (κ2) is 5.57. The first-order chi connectivity index (χ1) is 9.63. The Bertz CT molecular complexity index is 429. The average Bonchev–Trinajstić information content (AvgIpc) is 2.35. The maximum Gasteiger partial charge on any atom is 0.0656 e. The van der Waals surface area contributed by atoms with Crippen LogP contribution in [0.25, 0.3) is 0 Å². The van der Waals surface area contributed by atoms with E-state index in [0.29, 0.717) is 11.3 Å². The van der Waals surface area contributed by atoms with E-state index >= 15 is 0 Å². The molecule has 4 atom stereocenters. The molecule has 2 saturated carbocycles. The molecule has 2 rings (SSSR count). The van der Waals surface area contributed by atoms with E-state index in [-0.39, 0.29) is 5.41 Å². The summed E-state index contributed by atoms with van der Waals surface area (Å²) >= 11 is 0. The summed E-state index contributed by atoms with van der Waals surface area (Å²) in [5, 5.41) is 11.0. The SMILES string of the molecule is C=C/C(C)=C/C[C@H]1[C@@]2(C)CCCC(C)(C)[C@H]2CC[C@@]1(C)O. The molecule has 0 aromatic heterocycles. The highest BCUT2D eigenvalue weighted by Gasteiger charge is 2.57. The molecule has 0 bridgehead atoms.